The first-order valence-corrected chi connectivity index (χ1v) is 10.7. The van der Waals surface area contributed by atoms with Crippen molar-refractivity contribution >= 4 is 38.6 Å². The van der Waals surface area contributed by atoms with Crippen molar-refractivity contribution in [1.29, 1.82) is 0 Å². The van der Waals surface area contributed by atoms with Crippen LogP contribution in [0.1, 0.15) is 60.5 Å². The second kappa shape index (κ2) is 7.91. The van der Waals surface area contributed by atoms with Gasteiger partial charge >= 0.3 is 6.18 Å². The number of nitrogens with two attached hydrogens (primary N) is 1. The van der Waals surface area contributed by atoms with Crippen LogP contribution in [0.4, 0.5) is 24.7 Å². The number of nitrogens with one attached hydrogen (secondary N) is 1. The summed E-state index contributed by atoms with van der Waals surface area (Å²) in [4.78, 5) is 11.2. The number of hydrogen-bond donors (Lipinski definition) is 2. The molecule has 4 nitrogen and oxygen atoms in total. The first kappa shape index (κ1) is 20.7. The number of thiophene rings is 1. The highest BCUT2D eigenvalue weighted by molar-refractivity contribution is 7.19. The summed E-state index contributed by atoms with van der Waals surface area (Å²) < 4.78 is 39.5. The second-order valence-electron chi connectivity index (χ2n) is 7.68. The number of fused-ring (bicyclic) bond motifs is 1. The summed E-state index contributed by atoms with van der Waals surface area (Å²) in [6.45, 7) is 3.62. The molecule has 2 aromatic heterocycles. The minimum absolute atomic E-state index is 0.0829. The van der Waals surface area contributed by atoms with E-state index in [1.165, 1.54) is 23.3 Å². The van der Waals surface area contributed by atoms with E-state index in [9.17, 15) is 13.2 Å². The molecule has 4 rings (SSSR count). The predicted octanol–water partition coefficient (Wildman–Crippen LogP) is 6.73. The number of benzene rings is 1. The van der Waals surface area contributed by atoms with Gasteiger partial charge in [0.25, 0.3) is 0 Å². The second-order valence-corrected chi connectivity index (χ2v) is 8.71. The Balaban J connectivity index is 1.69. The van der Waals surface area contributed by atoms with Crippen LogP contribution in [0.2, 0.25) is 0 Å². The summed E-state index contributed by atoms with van der Waals surface area (Å²) in [7, 11) is 0. The largest absolute Gasteiger partial charge is 0.416 e. The summed E-state index contributed by atoms with van der Waals surface area (Å²) in [6, 6.07) is 5.32. The van der Waals surface area contributed by atoms with Gasteiger partial charge < -0.3 is 11.1 Å². The fourth-order valence-electron chi connectivity index (χ4n) is 3.74. The maximum Gasteiger partial charge on any atom is 0.416 e. The first-order chi connectivity index (χ1) is 14.2. The molecule has 1 atom stereocenters. The summed E-state index contributed by atoms with van der Waals surface area (Å²) in [6.07, 6.45) is 2.39. The normalized spacial score (nSPS) is 15.8. The number of alkyl halides is 3. The van der Waals surface area contributed by atoms with Gasteiger partial charge in [-0.05, 0) is 74.9 Å². The molecule has 158 valence electrons. The number of anilines is 2. The van der Waals surface area contributed by atoms with E-state index >= 15 is 0 Å². The van der Waals surface area contributed by atoms with Gasteiger partial charge in [0.2, 0.25) is 0 Å². The lowest BCUT2D eigenvalue weighted by molar-refractivity contribution is -0.137. The molecule has 0 saturated carbocycles. The van der Waals surface area contributed by atoms with Crippen LogP contribution < -0.4 is 11.1 Å². The maximum atomic E-state index is 13.2. The number of nitrogens with zero attached hydrogens (tertiary/aromatic N) is 2. The molecule has 1 aliphatic carbocycles. The molecule has 0 spiro atoms. The number of rotatable bonds is 4. The zero-order chi connectivity index (χ0) is 21.5. The number of halogens is 3. The van der Waals surface area contributed by atoms with Gasteiger partial charge in [-0.15, -0.1) is 11.3 Å². The van der Waals surface area contributed by atoms with Crippen LogP contribution in [0, 0.1) is 6.92 Å². The minimum atomic E-state index is -4.45. The molecular formula is C22H23F3N4S. The smallest absolute Gasteiger partial charge is 0.399 e. The summed E-state index contributed by atoms with van der Waals surface area (Å²) >= 11 is 1.64. The van der Waals surface area contributed by atoms with Gasteiger partial charge in [0.05, 0.1) is 17.0 Å². The molecule has 0 aliphatic heterocycles. The third-order valence-corrected chi connectivity index (χ3v) is 6.37. The Hall–Kier alpha value is -2.61. The van der Waals surface area contributed by atoms with Crippen molar-refractivity contribution in [3.8, 4) is 0 Å². The Morgan fingerprint density at radius 2 is 1.93 bits per heavy atom. The highest BCUT2D eigenvalue weighted by Crippen LogP contribution is 2.38. The van der Waals surface area contributed by atoms with E-state index in [1.807, 2.05) is 6.92 Å². The fraction of sp³-hybridized carbons (Fsp3) is 0.364. The predicted molar refractivity (Wildman–Crippen MR) is 116 cm³/mol. The highest BCUT2D eigenvalue weighted by Gasteiger charge is 2.31. The van der Waals surface area contributed by atoms with E-state index in [0.717, 1.165) is 35.2 Å². The van der Waals surface area contributed by atoms with Crippen molar-refractivity contribution in [1.82, 2.24) is 9.97 Å². The summed E-state index contributed by atoms with van der Waals surface area (Å²) in [5.74, 6) is 1.24. The van der Waals surface area contributed by atoms with Gasteiger partial charge in [0, 0.05) is 10.6 Å². The number of allylic oxidation sites excluding steroid dienone is 2. The van der Waals surface area contributed by atoms with E-state index in [0.29, 0.717) is 17.2 Å². The SMILES string of the molecule is Cc1nc(N[C@H](C)c2cc(N)cc(C(F)(F)F)c2)c2cc(C3=CCCCC3)sc2n1. The highest BCUT2D eigenvalue weighted by atomic mass is 32.1. The third kappa shape index (κ3) is 4.28. The first-order valence-electron chi connectivity index (χ1n) is 9.92. The van der Waals surface area contributed by atoms with Crippen LogP contribution in [0.5, 0.6) is 0 Å². The molecular weight excluding hydrogens is 409 g/mol. The zero-order valence-corrected chi connectivity index (χ0v) is 17.6. The van der Waals surface area contributed by atoms with E-state index in [4.69, 9.17) is 5.73 Å². The van der Waals surface area contributed by atoms with E-state index in [1.54, 1.807) is 24.3 Å². The van der Waals surface area contributed by atoms with Crippen molar-refractivity contribution < 1.29 is 13.2 Å². The van der Waals surface area contributed by atoms with Gasteiger partial charge in [0.15, 0.2) is 0 Å². The van der Waals surface area contributed by atoms with E-state index in [2.05, 4.69) is 27.4 Å². The molecule has 0 radical (unpaired) electrons. The topological polar surface area (TPSA) is 63.8 Å². The molecule has 1 aromatic carbocycles. The van der Waals surface area contributed by atoms with Crippen molar-refractivity contribution in [2.45, 2.75) is 51.7 Å². The zero-order valence-electron chi connectivity index (χ0n) is 16.8. The van der Waals surface area contributed by atoms with Gasteiger partial charge in [-0.3, -0.25) is 0 Å². The quantitative estimate of drug-likeness (QED) is 0.449. The van der Waals surface area contributed by atoms with Gasteiger partial charge in [-0.1, -0.05) is 6.08 Å². The molecule has 0 saturated heterocycles. The molecule has 0 bridgehead atoms. The number of hydrogen-bond acceptors (Lipinski definition) is 5. The van der Waals surface area contributed by atoms with Crippen LogP contribution in [0.25, 0.3) is 15.8 Å². The minimum Gasteiger partial charge on any atom is -0.399 e. The lowest BCUT2D eigenvalue weighted by Gasteiger charge is -2.18. The average molecular weight is 433 g/mol. The Labute approximate surface area is 177 Å². The summed E-state index contributed by atoms with van der Waals surface area (Å²) in [5.41, 5.74) is 6.86. The fourth-order valence-corrected chi connectivity index (χ4v) is 4.88. The van der Waals surface area contributed by atoms with Crippen LogP contribution >= 0.6 is 11.3 Å². The van der Waals surface area contributed by atoms with Crippen molar-refractivity contribution in [2.24, 2.45) is 0 Å². The van der Waals surface area contributed by atoms with Crippen molar-refractivity contribution in [2.75, 3.05) is 11.1 Å². The molecule has 3 aromatic rings. The Bertz CT molecular complexity index is 1120. The standard InChI is InChI=1S/C22H23F3N4S/c1-12(15-8-16(22(23,24)25)10-17(26)9-15)27-20-18-11-19(14-6-4-3-5-7-14)30-21(18)29-13(2)28-20/h6,8-12H,3-5,7,26H2,1-2H3,(H,27,28,29)/t12-/m1/s1. The molecule has 8 heteroatoms. The monoisotopic (exact) mass is 432 g/mol. The number of nitrogen functional groups attached to an aromatic ring is 1. The molecule has 3 N–H and O–H groups in total. The molecule has 0 fully saturated rings. The molecule has 30 heavy (non-hydrogen) atoms. The molecule has 0 unspecified atom stereocenters. The Morgan fingerprint density at radius 3 is 2.63 bits per heavy atom. The molecule has 1 aliphatic rings. The van der Waals surface area contributed by atoms with E-state index in [-0.39, 0.29) is 5.69 Å². The van der Waals surface area contributed by atoms with Crippen molar-refractivity contribution in [3.63, 3.8) is 0 Å². The van der Waals surface area contributed by atoms with Crippen molar-refractivity contribution in [3.05, 3.63) is 52.2 Å². The Kier molecular flexibility index (Phi) is 5.44. The van der Waals surface area contributed by atoms with E-state index < -0.39 is 17.8 Å². The maximum absolute atomic E-state index is 13.2. The lowest BCUT2D eigenvalue weighted by Crippen LogP contribution is -2.12. The molecule has 0 amide bonds. The lowest BCUT2D eigenvalue weighted by atomic mass is 9.98. The van der Waals surface area contributed by atoms with Gasteiger partial charge in [-0.2, -0.15) is 13.2 Å². The average Bonchev–Trinajstić information content (AvgIpc) is 3.11. The molecule has 2 heterocycles. The van der Waals surface area contributed by atoms with Crippen LogP contribution in [0.15, 0.2) is 30.3 Å². The summed E-state index contributed by atoms with van der Waals surface area (Å²) in [5, 5.41) is 4.17. The Morgan fingerprint density at radius 1 is 1.13 bits per heavy atom. The number of aromatic nitrogens is 2. The van der Waals surface area contributed by atoms with Crippen LogP contribution in [-0.4, -0.2) is 9.97 Å². The van der Waals surface area contributed by atoms with Gasteiger partial charge in [0.1, 0.15) is 16.5 Å². The number of aryl methyl sites for hydroxylation is 1. The third-order valence-electron chi connectivity index (χ3n) is 5.27. The van der Waals surface area contributed by atoms with Crippen LogP contribution in [0.3, 0.4) is 0 Å². The van der Waals surface area contributed by atoms with Crippen LogP contribution in [-0.2, 0) is 6.18 Å². The van der Waals surface area contributed by atoms with Gasteiger partial charge in [-0.25, -0.2) is 9.97 Å².